The van der Waals surface area contributed by atoms with E-state index in [9.17, 15) is 5.11 Å². The molecule has 4 nitrogen and oxygen atoms in total. The van der Waals surface area contributed by atoms with Crippen LogP contribution in [-0.2, 0) is 9.47 Å². The second kappa shape index (κ2) is 6.17. The second-order valence-electron chi connectivity index (χ2n) is 7.58. The summed E-state index contributed by atoms with van der Waals surface area (Å²) in [5, 5.41) is 20.3. The molecule has 0 aromatic carbocycles. The number of rotatable bonds is 3. The minimum absolute atomic E-state index is 0.00656. The molecule has 0 unspecified atom stereocenters. The Balaban J connectivity index is 2.38. The van der Waals surface area contributed by atoms with E-state index in [0.717, 1.165) is 11.1 Å². The van der Waals surface area contributed by atoms with Crippen molar-refractivity contribution in [3.63, 3.8) is 0 Å². The van der Waals surface area contributed by atoms with Gasteiger partial charge in [-0.1, -0.05) is 31.6 Å². The summed E-state index contributed by atoms with van der Waals surface area (Å²) in [6.45, 7) is 11.9. The molecule has 2 aliphatic rings. The van der Waals surface area contributed by atoms with E-state index in [2.05, 4.69) is 0 Å². The molecule has 0 amide bonds. The first-order valence-electron chi connectivity index (χ1n) is 8.30. The van der Waals surface area contributed by atoms with Gasteiger partial charge in [-0.2, -0.15) is 0 Å². The standard InChI is InChI=1S/C19H30O4/c1-13(8-10-20)7-9-19(21)14(2)11-18(12-17(19,5)6)22-15(3)16(4)23-18/h7-9,11,15-16,20-21H,10,12H2,1-6H3/b9-7+,13-8-/t15-,16-,19+/m0/s1. The summed E-state index contributed by atoms with van der Waals surface area (Å²) in [6.07, 6.45) is 7.95. The van der Waals surface area contributed by atoms with E-state index in [-0.39, 0.29) is 18.8 Å². The fourth-order valence-electron chi connectivity index (χ4n) is 3.60. The van der Waals surface area contributed by atoms with Crippen LogP contribution in [0.5, 0.6) is 0 Å². The number of hydrogen-bond donors (Lipinski definition) is 2. The second-order valence-corrected chi connectivity index (χ2v) is 7.58. The first-order valence-corrected chi connectivity index (χ1v) is 8.30. The molecular weight excluding hydrogens is 292 g/mol. The van der Waals surface area contributed by atoms with Crippen molar-refractivity contribution in [2.75, 3.05) is 6.61 Å². The highest BCUT2D eigenvalue weighted by Crippen LogP contribution is 2.52. The highest BCUT2D eigenvalue weighted by Gasteiger charge is 2.56. The van der Waals surface area contributed by atoms with Crippen LogP contribution in [0, 0.1) is 5.41 Å². The van der Waals surface area contributed by atoms with Gasteiger partial charge in [-0.25, -0.2) is 0 Å². The predicted octanol–water partition coefficient (Wildman–Crippen LogP) is 3.11. The van der Waals surface area contributed by atoms with Crippen LogP contribution in [0.3, 0.4) is 0 Å². The average Bonchev–Trinajstić information content (AvgIpc) is 2.68. The number of hydrogen-bond acceptors (Lipinski definition) is 4. The van der Waals surface area contributed by atoms with E-state index >= 15 is 0 Å². The van der Waals surface area contributed by atoms with Crippen LogP contribution in [0.1, 0.15) is 48.0 Å². The van der Waals surface area contributed by atoms with Gasteiger partial charge in [0.25, 0.3) is 0 Å². The molecule has 1 fully saturated rings. The Morgan fingerprint density at radius 3 is 2.35 bits per heavy atom. The van der Waals surface area contributed by atoms with Gasteiger partial charge in [0, 0.05) is 11.8 Å². The minimum atomic E-state index is -1.08. The van der Waals surface area contributed by atoms with Crippen molar-refractivity contribution in [3.05, 3.63) is 35.5 Å². The summed E-state index contributed by atoms with van der Waals surface area (Å²) in [4.78, 5) is 0. The third kappa shape index (κ3) is 3.31. The fraction of sp³-hybridized carbons (Fsp3) is 0.684. The molecular formula is C19H30O4. The summed E-state index contributed by atoms with van der Waals surface area (Å²) in [6, 6.07) is 0. The first kappa shape index (κ1) is 18.4. The molecule has 130 valence electrons. The highest BCUT2D eigenvalue weighted by molar-refractivity contribution is 5.36. The lowest BCUT2D eigenvalue weighted by Gasteiger charge is -2.49. The molecule has 1 heterocycles. The summed E-state index contributed by atoms with van der Waals surface area (Å²) in [5.74, 6) is -0.748. The van der Waals surface area contributed by atoms with Gasteiger partial charge in [0.05, 0.1) is 18.8 Å². The third-order valence-electron chi connectivity index (χ3n) is 5.19. The maximum Gasteiger partial charge on any atom is 0.189 e. The minimum Gasteiger partial charge on any atom is -0.392 e. The average molecular weight is 322 g/mol. The molecule has 0 aromatic heterocycles. The molecule has 1 aliphatic carbocycles. The van der Waals surface area contributed by atoms with Crippen LogP contribution in [0.2, 0.25) is 0 Å². The molecule has 2 rings (SSSR count). The number of aliphatic hydroxyl groups excluding tert-OH is 1. The summed E-state index contributed by atoms with van der Waals surface area (Å²) in [5.41, 5.74) is 0.208. The lowest BCUT2D eigenvalue weighted by atomic mass is 9.63. The summed E-state index contributed by atoms with van der Waals surface area (Å²) >= 11 is 0. The Morgan fingerprint density at radius 2 is 1.87 bits per heavy atom. The van der Waals surface area contributed by atoms with E-state index in [0.29, 0.717) is 6.42 Å². The van der Waals surface area contributed by atoms with Gasteiger partial charge in [-0.15, -0.1) is 0 Å². The monoisotopic (exact) mass is 322 g/mol. The number of aliphatic hydroxyl groups is 2. The molecule has 3 atom stereocenters. The maximum atomic E-state index is 11.3. The lowest BCUT2D eigenvalue weighted by molar-refractivity contribution is -0.183. The van der Waals surface area contributed by atoms with Gasteiger partial charge in [-0.05, 0) is 45.4 Å². The van der Waals surface area contributed by atoms with Gasteiger partial charge in [0.15, 0.2) is 5.79 Å². The Hall–Kier alpha value is -0.940. The van der Waals surface area contributed by atoms with Crippen molar-refractivity contribution >= 4 is 0 Å². The zero-order chi connectivity index (χ0) is 17.5. The van der Waals surface area contributed by atoms with Crippen molar-refractivity contribution in [1.82, 2.24) is 0 Å². The van der Waals surface area contributed by atoms with E-state index < -0.39 is 16.8 Å². The quantitative estimate of drug-likeness (QED) is 0.619. The van der Waals surface area contributed by atoms with Crippen LogP contribution in [0.15, 0.2) is 35.5 Å². The zero-order valence-corrected chi connectivity index (χ0v) is 15.1. The van der Waals surface area contributed by atoms with Gasteiger partial charge >= 0.3 is 0 Å². The van der Waals surface area contributed by atoms with Crippen molar-refractivity contribution in [1.29, 1.82) is 0 Å². The van der Waals surface area contributed by atoms with Gasteiger partial charge in [-0.3, -0.25) is 0 Å². The summed E-state index contributed by atoms with van der Waals surface area (Å²) in [7, 11) is 0. The largest absolute Gasteiger partial charge is 0.392 e. The topological polar surface area (TPSA) is 58.9 Å². The molecule has 2 N–H and O–H groups in total. The molecule has 0 saturated carbocycles. The normalized spacial score (nSPS) is 36.7. The van der Waals surface area contributed by atoms with E-state index in [1.807, 2.05) is 59.8 Å². The Kier molecular flexibility index (Phi) is 4.94. The fourth-order valence-corrected chi connectivity index (χ4v) is 3.60. The Morgan fingerprint density at radius 1 is 1.30 bits per heavy atom. The van der Waals surface area contributed by atoms with Gasteiger partial charge < -0.3 is 19.7 Å². The molecule has 0 aromatic rings. The van der Waals surface area contributed by atoms with Crippen LogP contribution in [-0.4, -0.2) is 40.4 Å². The maximum absolute atomic E-state index is 11.3. The van der Waals surface area contributed by atoms with Crippen molar-refractivity contribution < 1.29 is 19.7 Å². The SMILES string of the molecule is CC1=CC2(CC(C)(C)[C@@]1(O)/C=C/C(C)=C\CO)O[C@@H](C)[C@H](C)O2. The molecule has 23 heavy (non-hydrogen) atoms. The Bertz CT molecular complexity index is 534. The summed E-state index contributed by atoms with van der Waals surface area (Å²) < 4.78 is 12.2. The highest BCUT2D eigenvalue weighted by atomic mass is 16.8. The lowest BCUT2D eigenvalue weighted by Crippen LogP contribution is -2.53. The zero-order valence-electron chi connectivity index (χ0n) is 15.1. The molecule has 0 bridgehead atoms. The van der Waals surface area contributed by atoms with Crippen molar-refractivity contribution in [2.45, 2.75) is 71.6 Å². The van der Waals surface area contributed by atoms with Gasteiger partial charge in [0.1, 0.15) is 5.60 Å². The van der Waals surface area contributed by atoms with Crippen molar-refractivity contribution in [2.24, 2.45) is 5.41 Å². The molecule has 0 radical (unpaired) electrons. The molecule has 4 heteroatoms. The van der Waals surface area contributed by atoms with Crippen LogP contribution < -0.4 is 0 Å². The smallest absolute Gasteiger partial charge is 0.189 e. The van der Waals surface area contributed by atoms with Crippen LogP contribution >= 0.6 is 0 Å². The van der Waals surface area contributed by atoms with E-state index in [1.165, 1.54) is 0 Å². The predicted molar refractivity (Wildman–Crippen MR) is 90.9 cm³/mol. The van der Waals surface area contributed by atoms with E-state index in [4.69, 9.17) is 14.6 Å². The van der Waals surface area contributed by atoms with Crippen LogP contribution in [0.4, 0.5) is 0 Å². The number of allylic oxidation sites excluding steroid dienone is 2. The number of ether oxygens (including phenoxy) is 2. The third-order valence-corrected chi connectivity index (χ3v) is 5.19. The van der Waals surface area contributed by atoms with Crippen molar-refractivity contribution in [3.8, 4) is 0 Å². The molecule has 1 saturated heterocycles. The van der Waals surface area contributed by atoms with Crippen LogP contribution in [0.25, 0.3) is 0 Å². The Labute approximate surface area is 139 Å². The molecule has 1 aliphatic heterocycles. The molecule has 1 spiro atoms. The first-order chi connectivity index (χ1) is 10.6. The van der Waals surface area contributed by atoms with Gasteiger partial charge in [0.2, 0.25) is 0 Å². The van der Waals surface area contributed by atoms with E-state index in [1.54, 1.807) is 6.08 Å².